The van der Waals surface area contributed by atoms with Crippen LogP contribution in [0.2, 0.25) is 0 Å². The first kappa shape index (κ1) is 12.6. The van der Waals surface area contributed by atoms with Gasteiger partial charge in [-0.1, -0.05) is 22.0 Å². The molecule has 17 heavy (non-hydrogen) atoms. The molecular weight excluding hydrogens is 282 g/mol. The van der Waals surface area contributed by atoms with Gasteiger partial charge in [0, 0.05) is 24.1 Å². The third kappa shape index (κ3) is 3.07. The predicted molar refractivity (Wildman–Crippen MR) is 70.1 cm³/mol. The fourth-order valence-electron chi connectivity index (χ4n) is 2.30. The SMILES string of the molecule is Cc1cc(Br)c2c(c1)CN(CCC(=O)O)CC2. The summed E-state index contributed by atoms with van der Waals surface area (Å²) >= 11 is 3.60. The Morgan fingerprint density at radius 2 is 2.29 bits per heavy atom. The number of carboxylic acids is 1. The van der Waals surface area contributed by atoms with Crippen LogP contribution in [0.3, 0.4) is 0 Å². The number of nitrogens with zero attached hydrogens (tertiary/aromatic N) is 1. The maximum absolute atomic E-state index is 10.6. The number of carboxylic acid groups (broad SMARTS) is 1. The molecule has 0 amide bonds. The van der Waals surface area contributed by atoms with E-state index in [1.54, 1.807) is 0 Å². The van der Waals surface area contributed by atoms with E-state index >= 15 is 0 Å². The Kier molecular flexibility index (Phi) is 3.84. The Balaban J connectivity index is 2.10. The summed E-state index contributed by atoms with van der Waals surface area (Å²) in [6, 6.07) is 4.35. The van der Waals surface area contributed by atoms with Crippen molar-refractivity contribution in [3.8, 4) is 0 Å². The zero-order valence-corrected chi connectivity index (χ0v) is 11.5. The molecule has 1 aliphatic heterocycles. The number of aryl methyl sites for hydroxylation is 1. The Hall–Kier alpha value is -0.870. The van der Waals surface area contributed by atoms with Gasteiger partial charge in [0.1, 0.15) is 0 Å². The first-order valence-corrected chi connectivity index (χ1v) is 6.57. The second-order valence-corrected chi connectivity index (χ2v) is 5.41. The van der Waals surface area contributed by atoms with Crippen LogP contribution < -0.4 is 0 Å². The molecule has 4 heteroatoms. The van der Waals surface area contributed by atoms with Crippen molar-refractivity contribution < 1.29 is 9.90 Å². The number of fused-ring (bicyclic) bond motifs is 1. The standard InChI is InChI=1S/C13H16BrNO2/c1-9-6-10-8-15(5-3-13(16)17)4-2-11(10)12(14)7-9/h6-7H,2-5,8H2,1H3,(H,16,17). The molecule has 0 radical (unpaired) electrons. The van der Waals surface area contributed by atoms with Crippen LogP contribution >= 0.6 is 15.9 Å². The van der Waals surface area contributed by atoms with Crippen molar-refractivity contribution >= 4 is 21.9 Å². The van der Waals surface area contributed by atoms with Crippen LogP contribution in [-0.4, -0.2) is 29.1 Å². The smallest absolute Gasteiger partial charge is 0.304 e. The van der Waals surface area contributed by atoms with Crippen molar-refractivity contribution in [3.05, 3.63) is 33.3 Å². The van der Waals surface area contributed by atoms with E-state index in [-0.39, 0.29) is 6.42 Å². The van der Waals surface area contributed by atoms with E-state index in [1.165, 1.54) is 21.2 Å². The third-order valence-electron chi connectivity index (χ3n) is 3.15. The maximum atomic E-state index is 10.6. The average molecular weight is 298 g/mol. The Bertz CT molecular complexity index is 445. The summed E-state index contributed by atoms with van der Waals surface area (Å²) in [4.78, 5) is 12.8. The lowest BCUT2D eigenvalue weighted by molar-refractivity contribution is -0.137. The molecule has 0 aliphatic carbocycles. The van der Waals surface area contributed by atoms with Crippen molar-refractivity contribution in [2.75, 3.05) is 13.1 Å². The Morgan fingerprint density at radius 3 is 3.00 bits per heavy atom. The van der Waals surface area contributed by atoms with Crippen LogP contribution in [-0.2, 0) is 17.8 Å². The summed E-state index contributed by atoms with van der Waals surface area (Å²) in [5.41, 5.74) is 3.95. The molecule has 0 spiro atoms. The van der Waals surface area contributed by atoms with Crippen molar-refractivity contribution in [2.24, 2.45) is 0 Å². The summed E-state index contributed by atoms with van der Waals surface area (Å²) in [5, 5.41) is 8.69. The van der Waals surface area contributed by atoms with E-state index in [2.05, 4.69) is 39.9 Å². The van der Waals surface area contributed by atoms with Crippen LogP contribution in [0.4, 0.5) is 0 Å². The molecule has 3 nitrogen and oxygen atoms in total. The molecule has 92 valence electrons. The third-order valence-corrected chi connectivity index (χ3v) is 3.85. The number of halogens is 1. The highest BCUT2D eigenvalue weighted by Crippen LogP contribution is 2.28. The zero-order valence-electron chi connectivity index (χ0n) is 9.87. The monoisotopic (exact) mass is 297 g/mol. The zero-order chi connectivity index (χ0) is 12.4. The summed E-state index contributed by atoms with van der Waals surface area (Å²) in [5.74, 6) is -0.721. The first-order chi connectivity index (χ1) is 8.06. The highest BCUT2D eigenvalue weighted by Gasteiger charge is 2.18. The van der Waals surface area contributed by atoms with E-state index in [1.807, 2.05) is 0 Å². The lowest BCUT2D eigenvalue weighted by Gasteiger charge is -2.29. The van der Waals surface area contributed by atoms with Crippen molar-refractivity contribution in [1.29, 1.82) is 0 Å². The molecule has 0 unspecified atom stereocenters. The molecule has 0 saturated carbocycles. The van der Waals surface area contributed by atoms with Gasteiger partial charge in [-0.05, 0) is 36.1 Å². The average Bonchev–Trinajstić information content (AvgIpc) is 2.25. The van der Waals surface area contributed by atoms with Crippen molar-refractivity contribution in [3.63, 3.8) is 0 Å². The highest BCUT2D eigenvalue weighted by molar-refractivity contribution is 9.10. The predicted octanol–water partition coefficient (Wildman–Crippen LogP) is 2.59. The number of hydrogen-bond acceptors (Lipinski definition) is 2. The summed E-state index contributed by atoms with van der Waals surface area (Å²) < 4.78 is 1.19. The van der Waals surface area contributed by atoms with Gasteiger partial charge in [0.15, 0.2) is 0 Å². The summed E-state index contributed by atoms with van der Waals surface area (Å²) in [6.45, 7) is 4.53. The number of hydrogen-bond donors (Lipinski definition) is 1. The van der Waals surface area contributed by atoms with Gasteiger partial charge in [0.05, 0.1) is 6.42 Å². The Morgan fingerprint density at radius 1 is 1.53 bits per heavy atom. The van der Waals surface area contributed by atoms with Crippen molar-refractivity contribution in [2.45, 2.75) is 26.3 Å². The van der Waals surface area contributed by atoms with Gasteiger partial charge in [-0.15, -0.1) is 0 Å². The van der Waals surface area contributed by atoms with Crippen LogP contribution in [0, 0.1) is 6.92 Å². The fraction of sp³-hybridized carbons (Fsp3) is 0.462. The van der Waals surface area contributed by atoms with E-state index in [9.17, 15) is 4.79 Å². The summed E-state index contributed by atoms with van der Waals surface area (Å²) in [7, 11) is 0. The first-order valence-electron chi connectivity index (χ1n) is 5.78. The quantitative estimate of drug-likeness (QED) is 0.932. The maximum Gasteiger partial charge on any atom is 0.304 e. The largest absolute Gasteiger partial charge is 0.481 e. The minimum absolute atomic E-state index is 0.225. The van der Waals surface area contributed by atoms with Gasteiger partial charge >= 0.3 is 5.97 Å². The fourth-order valence-corrected chi connectivity index (χ4v) is 3.11. The lowest BCUT2D eigenvalue weighted by Crippen LogP contribution is -2.32. The minimum Gasteiger partial charge on any atom is -0.481 e. The van der Waals surface area contributed by atoms with Crippen LogP contribution in [0.1, 0.15) is 23.1 Å². The molecule has 0 saturated heterocycles. The Labute approximate surface area is 110 Å². The number of aliphatic carboxylic acids is 1. The molecule has 0 atom stereocenters. The van der Waals surface area contributed by atoms with Crippen LogP contribution in [0.15, 0.2) is 16.6 Å². The van der Waals surface area contributed by atoms with E-state index < -0.39 is 5.97 Å². The van der Waals surface area contributed by atoms with Crippen LogP contribution in [0.5, 0.6) is 0 Å². The molecule has 0 fully saturated rings. The van der Waals surface area contributed by atoms with Gasteiger partial charge in [-0.3, -0.25) is 9.69 Å². The number of rotatable bonds is 3. The van der Waals surface area contributed by atoms with E-state index in [0.29, 0.717) is 6.54 Å². The molecule has 1 aromatic rings. The molecule has 0 bridgehead atoms. The molecular formula is C13H16BrNO2. The topological polar surface area (TPSA) is 40.5 Å². The van der Waals surface area contributed by atoms with E-state index in [0.717, 1.165) is 19.5 Å². The molecule has 1 aliphatic rings. The van der Waals surface area contributed by atoms with Gasteiger partial charge in [-0.2, -0.15) is 0 Å². The lowest BCUT2D eigenvalue weighted by atomic mass is 9.97. The van der Waals surface area contributed by atoms with Gasteiger partial charge in [0.2, 0.25) is 0 Å². The normalized spacial score (nSPS) is 15.6. The number of carbonyl (C=O) groups is 1. The van der Waals surface area contributed by atoms with E-state index in [4.69, 9.17) is 5.11 Å². The molecule has 1 N–H and O–H groups in total. The second-order valence-electron chi connectivity index (χ2n) is 4.55. The highest BCUT2D eigenvalue weighted by atomic mass is 79.9. The molecule has 0 aromatic heterocycles. The molecule has 1 heterocycles. The van der Waals surface area contributed by atoms with Gasteiger partial charge in [0.25, 0.3) is 0 Å². The molecule has 1 aromatic carbocycles. The summed E-state index contributed by atoms with van der Waals surface area (Å²) in [6.07, 6.45) is 1.22. The number of benzene rings is 1. The minimum atomic E-state index is -0.721. The van der Waals surface area contributed by atoms with Crippen LogP contribution in [0.25, 0.3) is 0 Å². The molecule has 2 rings (SSSR count). The van der Waals surface area contributed by atoms with Gasteiger partial charge in [-0.25, -0.2) is 0 Å². The van der Waals surface area contributed by atoms with Gasteiger partial charge < -0.3 is 5.11 Å². The van der Waals surface area contributed by atoms with Crippen molar-refractivity contribution in [1.82, 2.24) is 4.90 Å². The second kappa shape index (κ2) is 5.19.